The summed E-state index contributed by atoms with van der Waals surface area (Å²) in [4.78, 5) is 13.0. The predicted octanol–water partition coefficient (Wildman–Crippen LogP) is 5.04. The Morgan fingerprint density at radius 2 is 1.94 bits per heavy atom. The lowest BCUT2D eigenvalue weighted by Crippen LogP contribution is -2.60. The first-order valence-electron chi connectivity index (χ1n) is 11.5. The molecule has 31 heavy (non-hydrogen) atoms. The average Bonchev–Trinajstić information content (AvgIpc) is 3.05. The molecule has 2 aliphatic carbocycles. The first kappa shape index (κ1) is 24.9. The van der Waals surface area contributed by atoms with Gasteiger partial charge in [-0.1, -0.05) is 39.3 Å². The number of rotatable bonds is 7. The molecule has 1 saturated heterocycles. The number of hydrogen-bond donors (Lipinski definition) is 0. The minimum absolute atomic E-state index is 0.0193. The molecule has 1 aliphatic heterocycles. The Balaban J connectivity index is 2.16. The summed E-state index contributed by atoms with van der Waals surface area (Å²) in [5, 5.41) is -0.0193. The molecule has 0 bridgehead atoms. The number of carbonyl (C=O) groups is 1. The van der Waals surface area contributed by atoms with Gasteiger partial charge in [0.15, 0.2) is 14.1 Å². The van der Waals surface area contributed by atoms with Crippen molar-refractivity contribution >= 4 is 14.3 Å². The summed E-state index contributed by atoms with van der Waals surface area (Å²) < 4.78 is 30.6. The second-order valence-electron chi connectivity index (χ2n) is 11.4. The molecule has 178 valence electrons. The van der Waals surface area contributed by atoms with Crippen LogP contribution < -0.4 is 0 Å². The summed E-state index contributed by atoms with van der Waals surface area (Å²) in [5.74, 6) is -1.71. The quantitative estimate of drug-likeness (QED) is 0.177. The number of carbonyl (C=O) groups excluding carboxylic acids is 1. The number of hydrogen-bond acceptors (Lipinski definition) is 6. The third-order valence-corrected chi connectivity index (χ3v) is 13.2. The summed E-state index contributed by atoms with van der Waals surface area (Å²) in [6.45, 7) is 16.3. The van der Waals surface area contributed by atoms with Gasteiger partial charge in [0.2, 0.25) is 0 Å². The Hall–Kier alpha value is -0.733. The van der Waals surface area contributed by atoms with Crippen molar-refractivity contribution in [2.45, 2.75) is 90.3 Å². The van der Waals surface area contributed by atoms with Crippen LogP contribution in [0.15, 0.2) is 11.6 Å². The third-order valence-electron chi connectivity index (χ3n) is 8.77. The molecule has 6 nitrogen and oxygen atoms in total. The maximum absolute atomic E-state index is 13.0. The van der Waals surface area contributed by atoms with Crippen molar-refractivity contribution in [2.75, 3.05) is 27.6 Å². The molecule has 7 heteroatoms. The fourth-order valence-corrected chi connectivity index (χ4v) is 7.23. The van der Waals surface area contributed by atoms with E-state index in [1.807, 2.05) is 0 Å². The summed E-state index contributed by atoms with van der Waals surface area (Å²) >= 11 is 0. The molecule has 1 heterocycles. The van der Waals surface area contributed by atoms with Gasteiger partial charge in [0.05, 0.1) is 19.8 Å². The summed E-state index contributed by atoms with van der Waals surface area (Å²) in [6.07, 6.45) is 5.52. The van der Waals surface area contributed by atoms with Gasteiger partial charge in [-0.2, -0.15) is 0 Å². The van der Waals surface area contributed by atoms with Crippen LogP contribution in [0.5, 0.6) is 0 Å². The molecule has 3 rings (SSSR count). The van der Waals surface area contributed by atoms with Crippen molar-refractivity contribution in [2.24, 2.45) is 16.7 Å². The monoisotopic (exact) mass is 454 g/mol. The lowest BCUT2D eigenvalue weighted by Gasteiger charge is -2.52. The molecule has 2 fully saturated rings. The molecule has 0 spiro atoms. The first-order valence-corrected chi connectivity index (χ1v) is 14.4. The molecule has 0 radical (unpaired) electrons. The van der Waals surface area contributed by atoms with E-state index in [2.05, 4.69) is 53.8 Å². The molecule has 0 amide bonds. The zero-order valence-corrected chi connectivity index (χ0v) is 21.9. The smallest absolute Gasteiger partial charge is 0.314 e. The van der Waals surface area contributed by atoms with Crippen LogP contribution in [0, 0.1) is 16.7 Å². The molecule has 5 atom stereocenters. The fraction of sp³-hybridized carbons (Fsp3) is 0.875. The highest BCUT2D eigenvalue weighted by Gasteiger charge is 2.78. The van der Waals surface area contributed by atoms with Crippen molar-refractivity contribution in [1.82, 2.24) is 0 Å². The van der Waals surface area contributed by atoms with Gasteiger partial charge in [0.25, 0.3) is 0 Å². The second-order valence-corrected chi connectivity index (χ2v) is 16.2. The molecular weight excluding hydrogens is 412 g/mol. The molecule has 3 aliphatic rings. The van der Waals surface area contributed by atoms with E-state index in [1.165, 1.54) is 12.7 Å². The van der Waals surface area contributed by atoms with Crippen LogP contribution in [-0.2, 0) is 28.2 Å². The largest absolute Gasteiger partial charge is 0.469 e. The molecule has 1 saturated carbocycles. The van der Waals surface area contributed by atoms with Crippen LogP contribution in [0.1, 0.15) is 60.3 Å². The van der Waals surface area contributed by atoms with Crippen molar-refractivity contribution in [3.05, 3.63) is 11.6 Å². The Labute approximate surface area is 189 Å². The van der Waals surface area contributed by atoms with Crippen LogP contribution in [-0.4, -0.2) is 53.8 Å². The van der Waals surface area contributed by atoms with Crippen LogP contribution in [0.25, 0.3) is 0 Å². The van der Waals surface area contributed by atoms with Gasteiger partial charge in [-0.3, -0.25) is 4.79 Å². The Kier molecular flexibility index (Phi) is 6.62. The van der Waals surface area contributed by atoms with E-state index in [-0.39, 0.29) is 34.7 Å². The SMILES string of the molecule is COCOC[C@]12CCC(C)=C[C@H]1O[C@]1(O[Si](C)(C)C(C)(C)C)[C@@H](C(=O)OC)CC[C@]21C. The van der Waals surface area contributed by atoms with E-state index in [0.29, 0.717) is 13.0 Å². The molecule has 0 aromatic rings. The average molecular weight is 455 g/mol. The van der Waals surface area contributed by atoms with Crippen molar-refractivity contribution in [3.63, 3.8) is 0 Å². The highest BCUT2D eigenvalue weighted by molar-refractivity contribution is 6.74. The van der Waals surface area contributed by atoms with Gasteiger partial charge in [-0.15, -0.1) is 0 Å². The van der Waals surface area contributed by atoms with E-state index in [1.54, 1.807) is 7.11 Å². The molecule has 0 unspecified atom stereocenters. The zero-order chi connectivity index (χ0) is 23.3. The van der Waals surface area contributed by atoms with Crippen LogP contribution in [0.3, 0.4) is 0 Å². The lowest BCUT2D eigenvalue weighted by molar-refractivity contribution is -0.237. The van der Waals surface area contributed by atoms with Crippen LogP contribution in [0.2, 0.25) is 18.1 Å². The number of methoxy groups -OCH3 is 2. The van der Waals surface area contributed by atoms with E-state index in [9.17, 15) is 4.79 Å². The number of ether oxygens (including phenoxy) is 4. The Bertz CT molecular complexity index is 728. The zero-order valence-electron chi connectivity index (χ0n) is 20.9. The standard InChI is InChI=1S/C24H42O6Si/c1-17-10-13-23(15-28-16-26-6)19(14-17)29-24(30-31(8,9)21(2,3)4)18(20(25)27-7)11-12-22(23,24)5/h14,18-19H,10-13,15-16H2,1-9H3/t18-,19-,22-,23-,24+/m1/s1. The minimum atomic E-state index is -2.28. The van der Waals surface area contributed by atoms with Crippen molar-refractivity contribution in [1.29, 1.82) is 0 Å². The van der Waals surface area contributed by atoms with Crippen molar-refractivity contribution in [3.8, 4) is 0 Å². The van der Waals surface area contributed by atoms with Gasteiger partial charge in [-0.25, -0.2) is 0 Å². The second kappa shape index (κ2) is 8.24. The highest BCUT2D eigenvalue weighted by atomic mass is 28.4. The molecular formula is C24H42O6Si. The van der Waals surface area contributed by atoms with Crippen LogP contribution >= 0.6 is 0 Å². The summed E-state index contributed by atoms with van der Waals surface area (Å²) in [6, 6.07) is 0. The lowest BCUT2D eigenvalue weighted by atomic mass is 9.56. The normalized spacial score (nSPS) is 37.9. The van der Waals surface area contributed by atoms with Crippen molar-refractivity contribution < 1.29 is 28.2 Å². The minimum Gasteiger partial charge on any atom is -0.469 e. The summed E-state index contributed by atoms with van der Waals surface area (Å²) in [5.41, 5.74) is 0.646. The van der Waals surface area contributed by atoms with E-state index in [0.717, 1.165) is 19.3 Å². The van der Waals surface area contributed by atoms with Gasteiger partial charge in [0, 0.05) is 17.9 Å². The van der Waals surface area contributed by atoms with Gasteiger partial charge in [0.1, 0.15) is 12.7 Å². The number of allylic oxidation sites excluding steroid dienone is 1. The van der Waals surface area contributed by atoms with Gasteiger partial charge in [-0.05, 0) is 50.7 Å². The fourth-order valence-electron chi connectivity index (χ4n) is 5.75. The number of fused-ring (bicyclic) bond motifs is 3. The van der Waals surface area contributed by atoms with E-state index in [4.69, 9.17) is 23.4 Å². The third kappa shape index (κ3) is 3.64. The van der Waals surface area contributed by atoms with Gasteiger partial charge >= 0.3 is 5.97 Å². The maximum Gasteiger partial charge on any atom is 0.314 e. The molecule has 0 aromatic carbocycles. The number of esters is 1. The topological polar surface area (TPSA) is 63.2 Å². The Morgan fingerprint density at radius 3 is 2.52 bits per heavy atom. The van der Waals surface area contributed by atoms with Crippen LogP contribution in [0.4, 0.5) is 0 Å². The highest BCUT2D eigenvalue weighted by Crippen LogP contribution is 2.71. The molecule has 0 N–H and O–H groups in total. The maximum atomic E-state index is 13.0. The summed E-state index contributed by atoms with van der Waals surface area (Å²) in [7, 11) is 0.816. The molecule has 0 aromatic heterocycles. The first-order chi connectivity index (χ1) is 14.3. The Morgan fingerprint density at radius 1 is 1.26 bits per heavy atom. The van der Waals surface area contributed by atoms with E-state index >= 15 is 0 Å². The van der Waals surface area contributed by atoms with E-state index < -0.39 is 20.0 Å². The predicted molar refractivity (Wildman–Crippen MR) is 122 cm³/mol. The van der Waals surface area contributed by atoms with Gasteiger partial charge < -0.3 is 23.4 Å².